The minimum Gasteiger partial charge on any atom is -0.408 e. The first-order chi connectivity index (χ1) is 11.4. The smallest absolute Gasteiger partial charge is 0.408 e. The van der Waals surface area contributed by atoms with Gasteiger partial charge in [-0.25, -0.2) is 17.9 Å². The second-order valence-corrected chi connectivity index (χ2v) is 7.95. The van der Waals surface area contributed by atoms with Gasteiger partial charge in [0.2, 0.25) is 10.0 Å². The molecule has 1 atom stereocenters. The molecule has 2 heterocycles. The Hall–Kier alpha value is -1.64. The Labute approximate surface area is 141 Å². The summed E-state index contributed by atoms with van der Waals surface area (Å²) < 4.78 is 34.3. The SMILES string of the molecule is CCn1c(=O)oc2cc(S(=O)(=O)NCC(C)N3CCCC3)ccc21. The predicted octanol–water partition coefficient (Wildman–Crippen LogP) is 1.38. The Morgan fingerprint density at radius 3 is 2.67 bits per heavy atom. The Balaban J connectivity index is 1.79. The first kappa shape index (κ1) is 17.2. The average molecular weight is 353 g/mol. The van der Waals surface area contributed by atoms with Crippen LogP contribution in [0.2, 0.25) is 0 Å². The second-order valence-electron chi connectivity index (χ2n) is 6.19. The summed E-state index contributed by atoms with van der Waals surface area (Å²) in [6.07, 6.45) is 2.34. The maximum absolute atomic E-state index is 12.5. The zero-order chi connectivity index (χ0) is 17.3. The van der Waals surface area contributed by atoms with Gasteiger partial charge in [-0.3, -0.25) is 9.47 Å². The van der Waals surface area contributed by atoms with E-state index in [9.17, 15) is 13.2 Å². The third kappa shape index (κ3) is 3.26. The van der Waals surface area contributed by atoms with E-state index in [1.54, 1.807) is 6.07 Å². The summed E-state index contributed by atoms with van der Waals surface area (Å²) in [5.41, 5.74) is 0.893. The molecule has 1 aliphatic rings. The van der Waals surface area contributed by atoms with Crippen molar-refractivity contribution >= 4 is 21.1 Å². The quantitative estimate of drug-likeness (QED) is 0.848. The predicted molar refractivity (Wildman–Crippen MR) is 91.6 cm³/mol. The summed E-state index contributed by atoms with van der Waals surface area (Å²) in [5, 5.41) is 0. The number of hydrogen-bond acceptors (Lipinski definition) is 5. The summed E-state index contributed by atoms with van der Waals surface area (Å²) in [4.78, 5) is 14.1. The lowest BCUT2D eigenvalue weighted by atomic mass is 10.3. The Bertz CT molecular complexity index is 878. The maximum Gasteiger partial charge on any atom is 0.419 e. The lowest BCUT2D eigenvalue weighted by Crippen LogP contribution is -2.40. The van der Waals surface area contributed by atoms with E-state index in [-0.39, 0.29) is 16.5 Å². The number of benzene rings is 1. The van der Waals surface area contributed by atoms with E-state index < -0.39 is 15.8 Å². The molecular weight excluding hydrogens is 330 g/mol. The molecule has 0 bridgehead atoms. The lowest BCUT2D eigenvalue weighted by molar-refractivity contribution is 0.260. The number of likely N-dealkylation sites (tertiary alicyclic amines) is 1. The van der Waals surface area contributed by atoms with Gasteiger partial charge in [0.15, 0.2) is 5.58 Å². The third-order valence-corrected chi connectivity index (χ3v) is 6.02. The van der Waals surface area contributed by atoms with Crippen LogP contribution in [0.3, 0.4) is 0 Å². The topological polar surface area (TPSA) is 84.5 Å². The number of aromatic nitrogens is 1. The zero-order valence-corrected chi connectivity index (χ0v) is 14.8. The highest BCUT2D eigenvalue weighted by molar-refractivity contribution is 7.89. The summed E-state index contributed by atoms with van der Waals surface area (Å²) in [6.45, 7) is 6.73. The van der Waals surface area contributed by atoms with E-state index in [1.165, 1.54) is 29.5 Å². The molecule has 1 unspecified atom stereocenters. The Morgan fingerprint density at radius 1 is 1.29 bits per heavy atom. The van der Waals surface area contributed by atoms with Crippen LogP contribution in [0, 0.1) is 0 Å². The third-order valence-electron chi connectivity index (χ3n) is 4.60. The summed E-state index contributed by atoms with van der Waals surface area (Å²) in [6, 6.07) is 4.69. The van der Waals surface area contributed by atoms with Gasteiger partial charge in [-0.1, -0.05) is 0 Å². The normalized spacial score (nSPS) is 17.6. The molecule has 0 spiro atoms. The van der Waals surface area contributed by atoms with Crippen LogP contribution >= 0.6 is 0 Å². The number of rotatable bonds is 6. The highest BCUT2D eigenvalue weighted by Gasteiger charge is 2.22. The lowest BCUT2D eigenvalue weighted by Gasteiger charge is -2.23. The molecule has 8 heteroatoms. The molecule has 1 aliphatic heterocycles. The number of fused-ring (bicyclic) bond motifs is 1. The minimum atomic E-state index is -3.63. The number of hydrogen-bond donors (Lipinski definition) is 1. The molecule has 3 rings (SSSR count). The highest BCUT2D eigenvalue weighted by atomic mass is 32.2. The molecular formula is C16H23N3O4S. The van der Waals surface area contributed by atoms with Gasteiger partial charge in [0, 0.05) is 25.2 Å². The van der Waals surface area contributed by atoms with Gasteiger partial charge in [0.25, 0.3) is 0 Å². The second kappa shape index (κ2) is 6.70. The Morgan fingerprint density at radius 2 is 2.00 bits per heavy atom. The molecule has 1 aromatic carbocycles. The van der Waals surface area contributed by atoms with Gasteiger partial charge in [0.1, 0.15) is 0 Å². The number of aryl methyl sites for hydroxylation is 1. The van der Waals surface area contributed by atoms with E-state index in [2.05, 4.69) is 9.62 Å². The van der Waals surface area contributed by atoms with Crippen LogP contribution in [0.15, 0.2) is 32.3 Å². The molecule has 1 saturated heterocycles. The zero-order valence-electron chi connectivity index (χ0n) is 14.0. The maximum atomic E-state index is 12.5. The van der Waals surface area contributed by atoms with Crippen LogP contribution in [0.5, 0.6) is 0 Å². The van der Waals surface area contributed by atoms with Gasteiger partial charge in [-0.05, 0) is 51.9 Å². The van der Waals surface area contributed by atoms with Crippen LogP contribution in [0.25, 0.3) is 11.1 Å². The molecule has 0 saturated carbocycles. The van der Waals surface area contributed by atoms with Crippen molar-refractivity contribution < 1.29 is 12.8 Å². The van der Waals surface area contributed by atoms with Crippen molar-refractivity contribution in [3.8, 4) is 0 Å². The fourth-order valence-corrected chi connectivity index (χ4v) is 4.28. The number of oxazole rings is 1. The molecule has 7 nitrogen and oxygen atoms in total. The van der Waals surface area contributed by atoms with E-state index in [4.69, 9.17) is 4.42 Å². The number of nitrogens with one attached hydrogen (secondary N) is 1. The van der Waals surface area contributed by atoms with E-state index in [1.807, 2.05) is 13.8 Å². The molecule has 0 amide bonds. The molecule has 0 radical (unpaired) electrons. The van der Waals surface area contributed by atoms with Crippen molar-refractivity contribution in [3.63, 3.8) is 0 Å². The largest absolute Gasteiger partial charge is 0.419 e. The average Bonchev–Trinajstić information content (AvgIpc) is 3.18. The summed E-state index contributed by atoms with van der Waals surface area (Å²) in [5.74, 6) is -0.474. The summed E-state index contributed by atoms with van der Waals surface area (Å²) >= 11 is 0. The van der Waals surface area contributed by atoms with Crippen molar-refractivity contribution in [3.05, 3.63) is 28.7 Å². The standard InChI is InChI=1S/C16H23N3O4S/c1-3-19-14-7-6-13(10-15(14)23-16(19)20)24(21,22)17-11-12(2)18-8-4-5-9-18/h6-7,10,12,17H,3-5,8-9,11H2,1-2H3. The van der Waals surface area contributed by atoms with Crippen LogP contribution in [-0.4, -0.2) is 43.6 Å². The molecule has 132 valence electrons. The van der Waals surface area contributed by atoms with Crippen LogP contribution in [0.1, 0.15) is 26.7 Å². The van der Waals surface area contributed by atoms with E-state index in [0.717, 1.165) is 13.1 Å². The number of nitrogens with zero attached hydrogens (tertiary/aromatic N) is 2. The van der Waals surface area contributed by atoms with Crippen molar-refractivity contribution in [1.82, 2.24) is 14.2 Å². The van der Waals surface area contributed by atoms with Crippen LogP contribution in [-0.2, 0) is 16.6 Å². The Kier molecular flexibility index (Phi) is 4.80. The van der Waals surface area contributed by atoms with Gasteiger partial charge in [0.05, 0.1) is 10.4 Å². The molecule has 24 heavy (non-hydrogen) atoms. The first-order valence-electron chi connectivity index (χ1n) is 8.29. The highest BCUT2D eigenvalue weighted by Crippen LogP contribution is 2.19. The molecule has 2 aromatic rings. The van der Waals surface area contributed by atoms with E-state index >= 15 is 0 Å². The number of sulfonamides is 1. The molecule has 1 fully saturated rings. The van der Waals surface area contributed by atoms with Crippen molar-refractivity contribution in [1.29, 1.82) is 0 Å². The van der Waals surface area contributed by atoms with Gasteiger partial charge in [-0.2, -0.15) is 0 Å². The minimum absolute atomic E-state index is 0.112. The molecule has 1 aromatic heterocycles. The summed E-state index contributed by atoms with van der Waals surface area (Å²) in [7, 11) is -3.63. The molecule has 1 N–H and O–H groups in total. The fraction of sp³-hybridized carbons (Fsp3) is 0.562. The van der Waals surface area contributed by atoms with Crippen LogP contribution in [0.4, 0.5) is 0 Å². The first-order valence-corrected chi connectivity index (χ1v) is 9.78. The van der Waals surface area contributed by atoms with Gasteiger partial charge < -0.3 is 4.42 Å². The van der Waals surface area contributed by atoms with E-state index in [0.29, 0.717) is 18.6 Å². The molecule has 0 aliphatic carbocycles. The van der Waals surface area contributed by atoms with Crippen LogP contribution < -0.4 is 10.5 Å². The van der Waals surface area contributed by atoms with Crippen molar-refractivity contribution in [2.75, 3.05) is 19.6 Å². The monoisotopic (exact) mass is 353 g/mol. The van der Waals surface area contributed by atoms with Gasteiger partial charge >= 0.3 is 5.76 Å². The van der Waals surface area contributed by atoms with Crippen molar-refractivity contribution in [2.45, 2.75) is 44.2 Å². The van der Waals surface area contributed by atoms with Crippen molar-refractivity contribution in [2.24, 2.45) is 0 Å². The fourth-order valence-electron chi connectivity index (χ4n) is 3.14. The van der Waals surface area contributed by atoms with Gasteiger partial charge in [-0.15, -0.1) is 0 Å².